The Bertz CT molecular complexity index is 747. The van der Waals surface area contributed by atoms with Crippen molar-refractivity contribution in [1.82, 2.24) is 19.8 Å². The minimum Gasteiger partial charge on any atom is -0.356 e. The molecule has 1 aliphatic rings. The lowest BCUT2D eigenvalue weighted by Crippen LogP contribution is -2.50. The third kappa shape index (κ3) is 5.37. The van der Waals surface area contributed by atoms with Gasteiger partial charge in [0.15, 0.2) is 5.96 Å². The standard InChI is InChI=1S/C23H35N5/c1-4-12-23(2)13-8-16-28(19-23)22(24-3)26-14-11-21-25-15-17-27(21)18-20-9-6-5-7-10-20/h5-7,9-10,15,17H,4,8,11-14,16,18-19H2,1-3H3,(H,24,26). The Morgan fingerprint density at radius 1 is 1.29 bits per heavy atom. The summed E-state index contributed by atoms with van der Waals surface area (Å²) in [6.45, 7) is 8.63. The van der Waals surface area contributed by atoms with E-state index in [0.29, 0.717) is 5.41 Å². The molecule has 1 aromatic heterocycles. The van der Waals surface area contributed by atoms with E-state index in [0.717, 1.165) is 44.4 Å². The number of nitrogens with one attached hydrogen (secondary N) is 1. The summed E-state index contributed by atoms with van der Waals surface area (Å²) in [5, 5.41) is 3.57. The van der Waals surface area contributed by atoms with Crippen LogP contribution in [-0.4, -0.2) is 47.1 Å². The molecule has 2 heterocycles. The van der Waals surface area contributed by atoms with Gasteiger partial charge in [-0.15, -0.1) is 0 Å². The fraction of sp³-hybridized carbons (Fsp3) is 0.565. The number of likely N-dealkylation sites (tertiary alicyclic amines) is 1. The van der Waals surface area contributed by atoms with Crippen molar-refractivity contribution in [1.29, 1.82) is 0 Å². The maximum Gasteiger partial charge on any atom is 0.193 e. The molecule has 0 bridgehead atoms. The molecule has 1 atom stereocenters. The summed E-state index contributed by atoms with van der Waals surface area (Å²) in [6.07, 6.45) is 9.96. The SMILES string of the molecule is CCCC1(C)CCCN(C(=NC)NCCc2nccn2Cc2ccccc2)C1. The molecule has 152 valence electrons. The molecule has 1 aromatic carbocycles. The van der Waals surface area contributed by atoms with E-state index < -0.39 is 0 Å². The van der Waals surface area contributed by atoms with Gasteiger partial charge in [0, 0.05) is 52.0 Å². The van der Waals surface area contributed by atoms with E-state index in [4.69, 9.17) is 0 Å². The monoisotopic (exact) mass is 381 g/mol. The topological polar surface area (TPSA) is 45.4 Å². The highest BCUT2D eigenvalue weighted by Crippen LogP contribution is 2.33. The summed E-state index contributed by atoms with van der Waals surface area (Å²) in [6, 6.07) is 10.5. The van der Waals surface area contributed by atoms with Crippen LogP contribution in [0.5, 0.6) is 0 Å². The first-order chi connectivity index (χ1) is 13.6. The second kappa shape index (κ2) is 9.76. The minimum atomic E-state index is 0.413. The molecule has 1 fully saturated rings. The molecule has 2 aromatic rings. The van der Waals surface area contributed by atoms with Gasteiger partial charge in [-0.2, -0.15) is 0 Å². The van der Waals surface area contributed by atoms with Gasteiger partial charge in [-0.3, -0.25) is 4.99 Å². The van der Waals surface area contributed by atoms with Gasteiger partial charge in [0.1, 0.15) is 5.82 Å². The number of rotatable bonds is 7. The highest BCUT2D eigenvalue weighted by molar-refractivity contribution is 5.80. The number of nitrogens with zero attached hydrogens (tertiary/aromatic N) is 4. The van der Waals surface area contributed by atoms with E-state index in [9.17, 15) is 0 Å². The van der Waals surface area contributed by atoms with E-state index in [-0.39, 0.29) is 0 Å². The third-order valence-electron chi connectivity index (χ3n) is 5.78. The summed E-state index contributed by atoms with van der Waals surface area (Å²) in [5.41, 5.74) is 1.71. The lowest BCUT2D eigenvalue weighted by molar-refractivity contribution is 0.142. The van der Waals surface area contributed by atoms with Gasteiger partial charge in [-0.1, -0.05) is 50.6 Å². The summed E-state index contributed by atoms with van der Waals surface area (Å²) in [7, 11) is 1.89. The molecule has 0 radical (unpaired) electrons. The Morgan fingerprint density at radius 2 is 2.11 bits per heavy atom. The summed E-state index contributed by atoms with van der Waals surface area (Å²) < 4.78 is 2.24. The fourth-order valence-corrected chi connectivity index (χ4v) is 4.41. The molecule has 1 saturated heterocycles. The number of aromatic nitrogens is 2. The van der Waals surface area contributed by atoms with Gasteiger partial charge in [-0.25, -0.2) is 4.98 Å². The van der Waals surface area contributed by atoms with Gasteiger partial charge in [-0.05, 0) is 30.2 Å². The van der Waals surface area contributed by atoms with Crippen LogP contribution in [0.15, 0.2) is 47.7 Å². The molecular weight excluding hydrogens is 346 g/mol. The molecule has 0 saturated carbocycles. The van der Waals surface area contributed by atoms with E-state index in [2.05, 4.69) is 75.1 Å². The zero-order chi connectivity index (χ0) is 19.8. The molecule has 28 heavy (non-hydrogen) atoms. The molecule has 1 N–H and O–H groups in total. The maximum atomic E-state index is 4.56. The van der Waals surface area contributed by atoms with Crippen LogP contribution in [0.3, 0.4) is 0 Å². The first kappa shape index (κ1) is 20.4. The zero-order valence-electron chi connectivity index (χ0n) is 17.7. The summed E-state index contributed by atoms with van der Waals surface area (Å²) in [5.74, 6) is 2.14. The van der Waals surface area contributed by atoms with Crippen LogP contribution in [0.2, 0.25) is 0 Å². The highest BCUT2D eigenvalue weighted by atomic mass is 15.3. The molecule has 0 spiro atoms. The smallest absolute Gasteiger partial charge is 0.193 e. The predicted octanol–water partition coefficient (Wildman–Crippen LogP) is 3.95. The largest absolute Gasteiger partial charge is 0.356 e. The summed E-state index contributed by atoms with van der Waals surface area (Å²) >= 11 is 0. The first-order valence-corrected chi connectivity index (χ1v) is 10.6. The van der Waals surface area contributed by atoms with Gasteiger partial charge >= 0.3 is 0 Å². The molecule has 5 heteroatoms. The van der Waals surface area contributed by atoms with Gasteiger partial charge in [0.2, 0.25) is 0 Å². The van der Waals surface area contributed by atoms with Crippen molar-refractivity contribution in [3.8, 4) is 0 Å². The number of aliphatic imine (C=N–C) groups is 1. The molecule has 1 unspecified atom stereocenters. The molecule has 0 amide bonds. The lowest BCUT2D eigenvalue weighted by atomic mass is 9.78. The van der Waals surface area contributed by atoms with Crippen molar-refractivity contribution in [3.63, 3.8) is 0 Å². The minimum absolute atomic E-state index is 0.413. The molecule has 5 nitrogen and oxygen atoms in total. The number of guanidine groups is 1. The van der Waals surface area contributed by atoms with Crippen LogP contribution in [0.4, 0.5) is 0 Å². The molecular formula is C23H35N5. The molecule has 1 aliphatic heterocycles. The quantitative estimate of drug-likeness (QED) is 0.583. The Kier molecular flexibility index (Phi) is 7.12. The number of imidazole rings is 1. The zero-order valence-corrected chi connectivity index (χ0v) is 17.7. The van der Waals surface area contributed by atoms with Crippen molar-refractivity contribution in [2.45, 2.75) is 52.5 Å². The number of hydrogen-bond acceptors (Lipinski definition) is 2. The van der Waals surface area contributed by atoms with Crippen LogP contribution in [-0.2, 0) is 13.0 Å². The fourth-order valence-electron chi connectivity index (χ4n) is 4.41. The predicted molar refractivity (Wildman–Crippen MR) is 117 cm³/mol. The molecule has 3 rings (SSSR count). The normalized spacial score (nSPS) is 20.4. The van der Waals surface area contributed by atoms with Crippen molar-refractivity contribution in [2.75, 3.05) is 26.7 Å². The average Bonchev–Trinajstić information content (AvgIpc) is 3.13. The Labute approximate surface area is 169 Å². The Hall–Kier alpha value is -2.30. The van der Waals surface area contributed by atoms with Crippen molar-refractivity contribution in [3.05, 3.63) is 54.1 Å². The Morgan fingerprint density at radius 3 is 2.86 bits per heavy atom. The second-order valence-corrected chi connectivity index (χ2v) is 8.27. The van der Waals surface area contributed by atoms with E-state index in [1.807, 2.05) is 13.2 Å². The lowest BCUT2D eigenvalue weighted by Gasteiger charge is -2.42. The summed E-state index contributed by atoms with van der Waals surface area (Å²) in [4.78, 5) is 11.6. The van der Waals surface area contributed by atoms with Crippen molar-refractivity contribution >= 4 is 5.96 Å². The molecule has 0 aliphatic carbocycles. The van der Waals surface area contributed by atoms with Crippen molar-refractivity contribution < 1.29 is 0 Å². The van der Waals surface area contributed by atoms with E-state index >= 15 is 0 Å². The maximum absolute atomic E-state index is 4.56. The first-order valence-electron chi connectivity index (χ1n) is 10.6. The van der Waals surface area contributed by atoms with Crippen molar-refractivity contribution in [2.24, 2.45) is 10.4 Å². The average molecular weight is 382 g/mol. The third-order valence-corrected chi connectivity index (χ3v) is 5.78. The van der Waals surface area contributed by atoms with Gasteiger partial charge in [0.25, 0.3) is 0 Å². The second-order valence-electron chi connectivity index (χ2n) is 8.27. The number of hydrogen-bond donors (Lipinski definition) is 1. The number of benzene rings is 1. The van der Waals surface area contributed by atoms with Crippen LogP contribution >= 0.6 is 0 Å². The van der Waals surface area contributed by atoms with E-state index in [1.165, 1.54) is 31.2 Å². The van der Waals surface area contributed by atoms with Crippen LogP contribution in [0.25, 0.3) is 0 Å². The Balaban J connectivity index is 1.53. The van der Waals surface area contributed by atoms with Crippen LogP contribution in [0, 0.1) is 5.41 Å². The van der Waals surface area contributed by atoms with Crippen LogP contribution in [0.1, 0.15) is 50.9 Å². The highest BCUT2D eigenvalue weighted by Gasteiger charge is 2.31. The number of piperidine rings is 1. The van der Waals surface area contributed by atoms with Gasteiger partial charge < -0.3 is 14.8 Å². The van der Waals surface area contributed by atoms with E-state index in [1.54, 1.807) is 0 Å². The van der Waals surface area contributed by atoms with Crippen LogP contribution < -0.4 is 5.32 Å². The van der Waals surface area contributed by atoms with Gasteiger partial charge in [0.05, 0.1) is 0 Å².